The van der Waals surface area contributed by atoms with Crippen molar-refractivity contribution in [2.75, 3.05) is 19.6 Å². The van der Waals surface area contributed by atoms with E-state index in [0.717, 1.165) is 6.54 Å². The molecule has 1 aliphatic rings. The highest BCUT2D eigenvalue weighted by molar-refractivity contribution is 9.10. The molecule has 0 bridgehead atoms. The standard InChI is InChI=1S/C12H19BrN2S/c1-12(2)3-4-15(8-12)10(6-14)11-5-9(13)7-16-11/h5,7,10H,3-4,6,8,14H2,1-2H3. The van der Waals surface area contributed by atoms with Gasteiger partial charge in [-0.25, -0.2) is 0 Å². The van der Waals surface area contributed by atoms with Gasteiger partial charge in [0.2, 0.25) is 0 Å². The molecule has 16 heavy (non-hydrogen) atoms. The van der Waals surface area contributed by atoms with E-state index in [-0.39, 0.29) is 0 Å². The van der Waals surface area contributed by atoms with E-state index in [2.05, 4.69) is 46.1 Å². The lowest BCUT2D eigenvalue weighted by molar-refractivity contribution is 0.226. The second-order valence-corrected chi connectivity index (χ2v) is 7.16. The first-order valence-corrected chi connectivity index (χ1v) is 7.37. The van der Waals surface area contributed by atoms with Gasteiger partial charge in [0.05, 0.1) is 6.04 Å². The number of thiophene rings is 1. The van der Waals surface area contributed by atoms with Crippen molar-refractivity contribution in [2.45, 2.75) is 26.3 Å². The third kappa shape index (κ3) is 2.67. The van der Waals surface area contributed by atoms with Crippen molar-refractivity contribution in [1.82, 2.24) is 4.90 Å². The number of likely N-dealkylation sites (tertiary alicyclic amines) is 1. The molecule has 1 aromatic rings. The maximum absolute atomic E-state index is 5.93. The van der Waals surface area contributed by atoms with Gasteiger partial charge in [-0.2, -0.15) is 0 Å². The van der Waals surface area contributed by atoms with Gasteiger partial charge in [-0.3, -0.25) is 4.90 Å². The van der Waals surface area contributed by atoms with Crippen LogP contribution in [0.25, 0.3) is 0 Å². The number of nitrogens with two attached hydrogens (primary N) is 1. The summed E-state index contributed by atoms with van der Waals surface area (Å²) in [6.45, 7) is 7.72. The fraction of sp³-hybridized carbons (Fsp3) is 0.667. The summed E-state index contributed by atoms with van der Waals surface area (Å²) in [7, 11) is 0. The molecule has 1 atom stereocenters. The first-order valence-electron chi connectivity index (χ1n) is 5.70. The van der Waals surface area contributed by atoms with Gasteiger partial charge in [-0.15, -0.1) is 11.3 Å². The van der Waals surface area contributed by atoms with E-state index >= 15 is 0 Å². The van der Waals surface area contributed by atoms with Crippen molar-refractivity contribution < 1.29 is 0 Å². The highest BCUT2D eigenvalue weighted by Crippen LogP contribution is 2.36. The van der Waals surface area contributed by atoms with Crippen LogP contribution in [0.2, 0.25) is 0 Å². The number of halogens is 1. The minimum absolute atomic E-state index is 0.401. The van der Waals surface area contributed by atoms with Crippen LogP contribution in [0.15, 0.2) is 15.9 Å². The first-order chi connectivity index (χ1) is 7.52. The summed E-state index contributed by atoms with van der Waals surface area (Å²) >= 11 is 5.31. The Kier molecular flexibility index (Phi) is 3.74. The fourth-order valence-electron chi connectivity index (χ4n) is 2.37. The van der Waals surface area contributed by atoms with Crippen LogP contribution in [-0.4, -0.2) is 24.5 Å². The van der Waals surface area contributed by atoms with Crippen LogP contribution >= 0.6 is 27.3 Å². The van der Waals surface area contributed by atoms with Crippen molar-refractivity contribution >= 4 is 27.3 Å². The second-order valence-electron chi connectivity index (χ2n) is 5.30. The molecule has 90 valence electrons. The van der Waals surface area contributed by atoms with Crippen LogP contribution in [0, 0.1) is 5.41 Å². The lowest BCUT2D eigenvalue weighted by Crippen LogP contribution is -2.32. The lowest BCUT2D eigenvalue weighted by Gasteiger charge is -2.27. The highest BCUT2D eigenvalue weighted by Gasteiger charge is 2.33. The van der Waals surface area contributed by atoms with E-state index in [4.69, 9.17) is 5.73 Å². The first kappa shape index (κ1) is 12.6. The minimum atomic E-state index is 0.401. The predicted molar refractivity (Wildman–Crippen MR) is 73.8 cm³/mol. The molecule has 0 radical (unpaired) electrons. The zero-order valence-electron chi connectivity index (χ0n) is 9.87. The van der Waals surface area contributed by atoms with Crippen LogP contribution in [0.4, 0.5) is 0 Å². The van der Waals surface area contributed by atoms with Crippen molar-refractivity contribution in [3.63, 3.8) is 0 Å². The molecule has 0 saturated carbocycles. The molecular weight excluding hydrogens is 284 g/mol. The van der Waals surface area contributed by atoms with Crippen molar-refractivity contribution in [3.05, 3.63) is 20.8 Å². The van der Waals surface area contributed by atoms with Gasteiger partial charge < -0.3 is 5.73 Å². The Labute approximate surface area is 110 Å². The van der Waals surface area contributed by atoms with Crippen LogP contribution in [0.1, 0.15) is 31.2 Å². The Morgan fingerprint density at radius 1 is 1.62 bits per heavy atom. The zero-order chi connectivity index (χ0) is 11.8. The van der Waals surface area contributed by atoms with E-state index in [1.165, 1.54) is 22.3 Å². The fourth-order valence-corrected chi connectivity index (χ4v) is 3.96. The molecule has 0 spiro atoms. The average molecular weight is 303 g/mol. The molecule has 1 saturated heterocycles. The van der Waals surface area contributed by atoms with Crippen LogP contribution in [0.3, 0.4) is 0 Å². The molecule has 2 nitrogen and oxygen atoms in total. The number of hydrogen-bond acceptors (Lipinski definition) is 3. The molecule has 2 N–H and O–H groups in total. The number of hydrogen-bond donors (Lipinski definition) is 1. The largest absolute Gasteiger partial charge is 0.329 e. The molecule has 2 rings (SSSR count). The summed E-state index contributed by atoms with van der Waals surface area (Å²) in [5, 5.41) is 2.14. The SMILES string of the molecule is CC1(C)CCN(C(CN)c2cc(Br)cs2)C1. The van der Waals surface area contributed by atoms with Crippen LogP contribution in [-0.2, 0) is 0 Å². The zero-order valence-corrected chi connectivity index (χ0v) is 12.3. The molecular formula is C12H19BrN2S. The van der Waals surface area contributed by atoms with E-state index in [1.54, 1.807) is 11.3 Å². The molecule has 0 aromatic carbocycles. The molecule has 0 amide bonds. The monoisotopic (exact) mass is 302 g/mol. The summed E-state index contributed by atoms with van der Waals surface area (Å²) in [6.07, 6.45) is 1.27. The van der Waals surface area contributed by atoms with Gasteiger partial charge in [0.15, 0.2) is 0 Å². The molecule has 1 fully saturated rings. The lowest BCUT2D eigenvalue weighted by atomic mass is 9.93. The van der Waals surface area contributed by atoms with Gasteiger partial charge in [0.1, 0.15) is 0 Å². The Morgan fingerprint density at radius 3 is 2.81 bits per heavy atom. The Hall–Kier alpha value is 0.1000. The summed E-state index contributed by atoms with van der Waals surface area (Å²) in [5.41, 5.74) is 6.38. The third-order valence-corrected chi connectivity index (χ3v) is 5.08. The maximum atomic E-state index is 5.93. The molecule has 1 aromatic heterocycles. The Morgan fingerprint density at radius 2 is 2.38 bits per heavy atom. The number of nitrogens with zero attached hydrogens (tertiary/aromatic N) is 1. The van der Waals surface area contributed by atoms with E-state index in [1.807, 2.05) is 0 Å². The van der Waals surface area contributed by atoms with Crippen molar-refractivity contribution in [1.29, 1.82) is 0 Å². The van der Waals surface area contributed by atoms with E-state index < -0.39 is 0 Å². The van der Waals surface area contributed by atoms with Gasteiger partial charge in [0, 0.05) is 27.8 Å². The van der Waals surface area contributed by atoms with Crippen LogP contribution in [0.5, 0.6) is 0 Å². The average Bonchev–Trinajstić information content (AvgIpc) is 2.75. The molecule has 2 heterocycles. The normalized spacial score (nSPS) is 22.5. The van der Waals surface area contributed by atoms with Gasteiger partial charge in [-0.1, -0.05) is 13.8 Å². The van der Waals surface area contributed by atoms with Crippen molar-refractivity contribution in [2.24, 2.45) is 11.1 Å². The van der Waals surface area contributed by atoms with Crippen LogP contribution < -0.4 is 5.73 Å². The van der Waals surface area contributed by atoms with E-state index in [0.29, 0.717) is 18.0 Å². The van der Waals surface area contributed by atoms with Crippen molar-refractivity contribution in [3.8, 4) is 0 Å². The number of rotatable bonds is 3. The second kappa shape index (κ2) is 4.77. The molecule has 4 heteroatoms. The highest BCUT2D eigenvalue weighted by atomic mass is 79.9. The van der Waals surface area contributed by atoms with Gasteiger partial charge in [0.25, 0.3) is 0 Å². The summed E-state index contributed by atoms with van der Waals surface area (Å²) in [5.74, 6) is 0. The van der Waals surface area contributed by atoms with Gasteiger partial charge in [-0.05, 0) is 40.4 Å². The quantitative estimate of drug-likeness (QED) is 0.929. The molecule has 1 unspecified atom stereocenters. The molecule has 1 aliphatic heterocycles. The maximum Gasteiger partial charge on any atom is 0.0564 e. The summed E-state index contributed by atoms with van der Waals surface area (Å²) in [4.78, 5) is 3.91. The Balaban J connectivity index is 2.12. The minimum Gasteiger partial charge on any atom is -0.329 e. The third-order valence-electron chi connectivity index (χ3n) is 3.29. The smallest absolute Gasteiger partial charge is 0.0564 e. The summed E-state index contributed by atoms with van der Waals surface area (Å²) in [6, 6.07) is 2.60. The van der Waals surface area contributed by atoms with E-state index in [9.17, 15) is 0 Å². The Bertz CT molecular complexity index is 362. The topological polar surface area (TPSA) is 29.3 Å². The summed E-state index contributed by atoms with van der Waals surface area (Å²) < 4.78 is 1.17. The molecule has 0 aliphatic carbocycles. The predicted octanol–water partition coefficient (Wildman–Crippen LogP) is 3.24. The van der Waals surface area contributed by atoms with Gasteiger partial charge >= 0.3 is 0 Å².